The van der Waals surface area contributed by atoms with E-state index in [9.17, 15) is 9.59 Å². The molecule has 0 aromatic carbocycles. The smallest absolute Gasteiger partial charge is 0.229 e. The van der Waals surface area contributed by atoms with Crippen LogP contribution < -0.4 is 0 Å². The van der Waals surface area contributed by atoms with Crippen molar-refractivity contribution >= 4 is 27.7 Å². The van der Waals surface area contributed by atoms with Gasteiger partial charge in [0.2, 0.25) is 11.8 Å². The van der Waals surface area contributed by atoms with Gasteiger partial charge in [-0.3, -0.25) is 14.5 Å². The van der Waals surface area contributed by atoms with Gasteiger partial charge in [-0.2, -0.15) is 0 Å². The molecule has 0 aliphatic carbocycles. The largest absolute Gasteiger partial charge is 0.286 e. The van der Waals surface area contributed by atoms with E-state index in [1.165, 1.54) is 11.9 Å². The third-order valence-corrected chi connectivity index (χ3v) is 2.81. The zero-order chi connectivity index (χ0) is 8.43. The molecular weight excluding hydrogens is 210 g/mol. The minimum Gasteiger partial charge on any atom is -0.286 e. The standard InChI is InChI=1S/C7H10BrNO2/c1-9-6(10)2-5(4-8)3-7(9)11/h5H,2-4H2,1H3. The number of rotatable bonds is 1. The molecule has 1 fully saturated rings. The lowest BCUT2D eigenvalue weighted by Gasteiger charge is -2.25. The quantitative estimate of drug-likeness (QED) is 0.483. The van der Waals surface area contributed by atoms with Crippen molar-refractivity contribution < 1.29 is 9.59 Å². The molecule has 1 saturated heterocycles. The maximum Gasteiger partial charge on any atom is 0.229 e. The second-order valence-corrected chi connectivity index (χ2v) is 3.42. The molecule has 1 aliphatic rings. The molecule has 1 rings (SSSR count). The van der Waals surface area contributed by atoms with Gasteiger partial charge in [-0.1, -0.05) is 15.9 Å². The van der Waals surface area contributed by atoms with E-state index in [2.05, 4.69) is 15.9 Å². The van der Waals surface area contributed by atoms with Crippen LogP contribution in [0.15, 0.2) is 0 Å². The Hall–Kier alpha value is -0.380. The number of carbonyl (C=O) groups excluding carboxylic acids is 2. The lowest BCUT2D eigenvalue weighted by atomic mass is 9.98. The van der Waals surface area contributed by atoms with E-state index >= 15 is 0 Å². The van der Waals surface area contributed by atoms with Crippen LogP contribution in [0.3, 0.4) is 0 Å². The molecule has 4 heteroatoms. The zero-order valence-electron chi connectivity index (χ0n) is 6.34. The van der Waals surface area contributed by atoms with Crippen LogP contribution >= 0.6 is 15.9 Å². The summed E-state index contributed by atoms with van der Waals surface area (Å²) in [5, 5.41) is 0.734. The molecule has 0 spiro atoms. The highest BCUT2D eigenvalue weighted by molar-refractivity contribution is 9.09. The highest BCUT2D eigenvalue weighted by Crippen LogP contribution is 2.19. The molecule has 0 aromatic rings. The number of carbonyl (C=O) groups is 2. The second kappa shape index (κ2) is 3.34. The van der Waals surface area contributed by atoms with Crippen LogP contribution in [-0.4, -0.2) is 29.1 Å². The van der Waals surface area contributed by atoms with E-state index in [0.717, 1.165) is 5.33 Å². The Labute approximate surface area is 73.9 Å². The number of hydrogen-bond acceptors (Lipinski definition) is 2. The number of halogens is 1. The van der Waals surface area contributed by atoms with E-state index in [-0.39, 0.29) is 17.7 Å². The van der Waals surface area contributed by atoms with Crippen molar-refractivity contribution in [2.24, 2.45) is 5.92 Å². The SMILES string of the molecule is CN1C(=O)CC(CBr)CC1=O. The molecule has 0 atom stereocenters. The van der Waals surface area contributed by atoms with E-state index in [1.54, 1.807) is 0 Å². The Morgan fingerprint density at radius 1 is 1.45 bits per heavy atom. The van der Waals surface area contributed by atoms with Gasteiger partial charge in [-0.05, 0) is 5.92 Å². The number of alkyl halides is 1. The summed E-state index contributed by atoms with van der Waals surface area (Å²) < 4.78 is 0. The third-order valence-electron chi connectivity index (χ3n) is 1.89. The molecule has 0 saturated carbocycles. The maximum absolute atomic E-state index is 11.1. The number of amides is 2. The van der Waals surface area contributed by atoms with Crippen LogP contribution in [0.25, 0.3) is 0 Å². The van der Waals surface area contributed by atoms with Crippen molar-refractivity contribution in [1.29, 1.82) is 0 Å². The lowest BCUT2D eigenvalue weighted by molar-refractivity contribution is -0.147. The summed E-state index contributed by atoms with van der Waals surface area (Å²) in [6.45, 7) is 0. The van der Waals surface area contributed by atoms with Crippen molar-refractivity contribution in [2.75, 3.05) is 12.4 Å². The highest BCUT2D eigenvalue weighted by atomic mass is 79.9. The first-order valence-corrected chi connectivity index (χ1v) is 4.62. The predicted molar refractivity (Wildman–Crippen MR) is 44.3 cm³/mol. The van der Waals surface area contributed by atoms with Gasteiger partial charge in [0.25, 0.3) is 0 Å². The average Bonchev–Trinajstić information content (AvgIpc) is 1.99. The van der Waals surface area contributed by atoms with Crippen molar-refractivity contribution in [3.63, 3.8) is 0 Å². The van der Waals surface area contributed by atoms with Crippen LogP contribution in [0.2, 0.25) is 0 Å². The average molecular weight is 220 g/mol. The Balaban J connectivity index is 2.62. The monoisotopic (exact) mass is 219 g/mol. The number of likely N-dealkylation sites (tertiary alicyclic amines) is 1. The molecule has 0 unspecified atom stereocenters. The molecule has 0 radical (unpaired) electrons. The summed E-state index contributed by atoms with van der Waals surface area (Å²) in [6.07, 6.45) is 0.987. The van der Waals surface area contributed by atoms with Crippen molar-refractivity contribution in [3.05, 3.63) is 0 Å². The van der Waals surface area contributed by atoms with E-state index in [0.29, 0.717) is 12.8 Å². The van der Waals surface area contributed by atoms with Crippen molar-refractivity contribution in [3.8, 4) is 0 Å². The normalized spacial score (nSPS) is 21.1. The summed E-state index contributed by atoms with van der Waals surface area (Å²) in [5.41, 5.74) is 0. The fraction of sp³-hybridized carbons (Fsp3) is 0.714. The topological polar surface area (TPSA) is 37.4 Å². The van der Waals surface area contributed by atoms with Gasteiger partial charge >= 0.3 is 0 Å². The van der Waals surface area contributed by atoms with Gasteiger partial charge in [0.1, 0.15) is 0 Å². The fourth-order valence-electron chi connectivity index (χ4n) is 1.09. The molecular formula is C7H10BrNO2. The number of hydrogen-bond donors (Lipinski definition) is 0. The number of piperidine rings is 1. The summed E-state index contributed by atoms with van der Waals surface area (Å²) in [4.78, 5) is 23.3. The molecule has 1 aliphatic heterocycles. The van der Waals surface area contributed by atoms with Crippen LogP contribution in [0.4, 0.5) is 0 Å². The zero-order valence-corrected chi connectivity index (χ0v) is 7.93. The van der Waals surface area contributed by atoms with Gasteiger partial charge < -0.3 is 0 Å². The first-order valence-electron chi connectivity index (χ1n) is 3.50. The first-order chi connectivity index (χ1) is 5.15. The Morgan fingerprint density at radius 2 is 1.91 bits per heavy atom. The molecule has 2 amide bonds. The summed E-state index contributed by atoms with van der Waals surface area (Å²) in [5.74, 6) is 0.0719. The molecule has 0 bridgehead atoms. The van der Waals surface area contributed by atoms with Crippen LogP contribution in [0.5, 0.6) is 0 Å². The number of nitrogens with zero attached hydrogens (tertiary/aromatic N) is 1. The van der Waals surface area contributed by atoms with Gasteiger partial charge in [-0.25, -0.2) is 0 Å². The Kier molecular flexibility index (Phi) is 2.65. The van der Waals surface area contributed by atoms with Gasteiger partial charge in [0.05, 0.1) is 0 Å². The van der Waals surface area contributed by atoms with Crippen LogP contribution in [0, 0.1) is 5.92 Å². The van der Waals surface area contributed by atoms with Gasteiger partial charge in [-0.15, -0.1) is 0 Å². The second-order valence-electron chi connectivity index (χ2n) is 2.78. The summed E-state index contributed by atoms with van der Waals surface area (Å²) in [7, 11) is 1.54. The Bertz CT molecular complexity index is 175. The van der Waals surface area contributed by atoms with Crippen LogP contribution in [0.1, 0.15) is 12.8 Å². The summed E-state index contributed by atoms with van der Waals surface area (Å²) in [6, 6.07) is 0. The molecule has 11 heavy (non-hydrogen) atoms. The fourth-order valence-corrected chi connectivity index (χ4v) is 1.55. The van der Waals surface area contributed by atoms with Gasteiger partial charge in [0, 0.05) is 25.2 Å². The number of imide groups is 1. The molecule has 0 N–H and O–H groups in total. The predicted octanol–water partition coefficient (Wildman–Crippen LogP) is 0.776. The molecule has 1 heterocycles. The van der Waals surface area contributed by atoms with Crippen molar-refractivity contribution in [2.45, 2.75) is 12.8 Å². The van der Waals surface area contributed by atoms with E-state index in [4.69, 9.17) is 0 Å². The summed E-state index contributed by atoms with van der Waals surface area (Å²) >= 11 is 3.26. The minimum atomic E-state index is -0.0642. The highest BCUT2D eigenvalue weighted by Gasteiger charge is 2.28. The Morgan fingerprint density at radius 3 is 2.27 bits per heavy atom. The maximum atomic E-state index is 11.1. The first kappa shape index (κ1) is 8.71. The lowest BCUT2D eigenvalue weighted by Crippen LogP contribution is -2.40. The molecule has 62 valence electrons. The molecule has 3 nitrogen and oxygen atoms in total. The van der Waals surface area contributed by atoms with Crippen LogP contribution in [-0.2, 0) is 9.59 Å². The third kappa shape index (κ3) is 1.80. The van der Waals surface area contributed by atoms with Gasteiger partial charge in [0.15, 0.2) is 0 Å². The minimum absolute atomic E-state index is 0.0642. The van der Waals surface area contributed by atoms with E-state index < -0.39 is 0 Å². The van der Waals surface area contributed by atoms with Crippen molar-refractivity contribution in [1.82, 2.24) is 4.90 Å². The molecule has 0 aromatic heterocycles. The van der Waals surface area contributed by atoms with E-state index in [1.807, 2.05) is 0 Å².